The summed E-state index contributed by atoms with van der Waals surface area (Å²) in [4.78, 5) is 3.75. The highest BCUT2D eigenvalue weighted by Gasteiger charge is 2.16. The lowest BCUT2D eigenvalue weighted by atomic mass is 9.91. The van der Waals surface area contributed by atoms with Gasteiger partial charge in [0.2, 0.25) is 5.82 Å². The van der Waals surface area contributed by atoms with E-state index in [9.17, 15) is 0 Å². The van der Waals surface area contributed by atoms with Gasteiger partial charge in [-0.15, -0.1) is 10.2 Å². The molecule has 1 heterocycles. The molecule has 0 saturated carbocycles. The first kappa shape index (κ1) is 29.3. The third kappa shape index (κ3) is 7.69. The third-order valence-electron chi connectivity index (χ3n) is 7.45. The average Bonchev–Trinajstić information content (AvgIpc) is 3.42. The van der Waals surface area contributed by atoms with Crippen LogP contribution in [0.3, 0.4) is 0 Å². The highest BCUT2D eigenvalue weighted by Crippen LogP contribution is 2.37. The SMILES string of the molecule is CCC(C)c1cc(-c2ccc(OCc3nnn(Cc4ccccc4)n3)c(C(C)CC)c2)ccc1OCCN(C)C. The molecule has 3 aromatic carbocycles. The van der Waals surface area contributed by atoms with Crippen LogP contribution in [-0.2, 0) is 13.2 Å². The number of aromatic nitrogens is 4. The monoisotopic (exact) mass is 541 g/mol. The molecule has 0 radical (unpaired) electrons. The van der Waals surface area contributed by atoms with Gasteiger partial charge >= 0.3 is 0 Å². The molecule has 7 nitrogen and oxygen atoms in total. The van der Waals surface area contributed by atoms with Crippen LogP contribution in [0.2, 0.25) is 0 Å². The zero-order valence-electron chi connectivity index (χ0n) is 24.8. The van der Waals surface area contributed by atoms with Crippen LogP contribution in [0.15, 0.2) is 66.7 Å². The molecule has 4 rings (SSSR count). The summed E-state index contributed by atoms with van der Waals surface area (Å²) in [6.07, 6.45) is 2.07. The molecule has 212 valence electrons. The minimum absolute atomic E-state index is 0.273. The maximum Gasteiger partial charge on any atom is 0.212 e. The summed E-state index contributed by atoms with van der Waals surface area (Å²) in [7, 11) is 4.13. The second kappa shape index (κ2) is 14.1. The molecular formula is C33H43N5O2. The fraction of sp³-hybridized carbons (Fsp3) is 0.424. The van der Waals surface area contributed by atoms with Gasteiger partial charge in [0.05, 0.1) is 6.54 Å². The van der Waals surface area contributed by atoms with Crippen LogP contribution >= 0.6 is 0 Å². The standard InChI is InChI=1S/C33H43N5O2/c1-7-24(3)29-20-27(14-16-31(29)39-19-18-37(5)6)28-15-17-32(30(21-28)25(4)8-2)40-23-33-34-36-38(35-33)22-26-12-10-9-11-13-26/h9-17,20-21,24-25H,7-8,18-19,22-23H2,1-6H3. The summed E-state index contributed by atoms with van der Waals surface area (Å²) in [5, 5.41) is 12.9. The molecule has 1 aromatic heterocycles. The predicted molar refractivity (Wildman–Crippen MR) is 161 cm³/mol. The average molecular weight is 542 g/mol. The first-order valence-electron chi connectivity index (χ1n) is 14.4. The Balaban J connectivity index is 1.53. The molecule has 40 heavy (non-hydrogen) atoms. The van der Waals surface area contributed by atoms with E-state index < -0.39 is 0 Å². The van der Waals surface area contributed by atoms with Gasteiger partial charge in [-0.25, -0.2) is 0 Å². The van der Waals surface area contributed by atoms with Crippen molar-refractivity contribution in [2.45, 2.75) is 65.5 Å². The molecule has 0 N–H and O–H groups in total. The van der Waals surface area contributed by atoms with Crippen molar-refractivity contribution in [3.8, 4) is 22.6 Å². The quantitative estimate of drug-likeness (QED) is 0.172. The fourth-order valence-corrected chi connectivity index (χ4v) is 4.56. The molecule has 0 aliphatic carbocycles. The number of likely N-dealkylation sites (N-methyl/N-ethyl adjacent to an activating group) is 1. The van der Waals surface area contributed by atoms with E-state index in [2.05, 4.69) is 111 Å². The van der Waals surface area contributed by atoms with Crippen molar-refractivity contribution in [3.05, 3.63) is 89.2 Å². The van der Waals surface area contributed by atoms with E-state index in [-0.39, 0.29) is 6.61 Å². The molecule has 0 fully saturated rings. The Kier molecular flexibility index (Phi) is 10.3. The van der Waals surface area contributed by atoms with Crippen molar-refractivity contribution in [3.63, 3.8) is 0 Å². The van der Waals surface area contributed by atoms with Crippen LogP contribution in [0.1, 0.15) is 74.9 Å². The number of tetrazole rings is 1. The summed E-state index contributed by atoms with van der Waals surface area (Å²) in [6, 6.07) is 23.2. The highest BCUT2D eigenvalue weighted by atomic mass is 16.5. The van der Waals surface area contributed by atoms with E-state index in [0.29, 0.717) is 30.8 Å². The first-order valence-corrected chi connectivity index (χ1v) is 14.4. The Labute approximate surface area is 239 Å². The summed E-state index contributed by atoms with van der Waals surface area (Å²) in [5.41, 5.74) is 5.95. The van der Waals surface area contributed by atoms with Crippen LogP contribution in [0.4, 0.5) is 0 Å². The minimum Gasteiger partial charge on any atom is -0.492 e. The molecule has 2 atom stereocenters. The van der Waals surface area contributed by atoms with Crippen molar-refractivity contribution in [1.29, 1.82) is 0 Å². The predicted octanol–water partition coefficient (Wildman–Crippen LogP) is 6.93. The summed E-state index contributed by atoms with van der Waals surface area (Å²) in [6.45, 7) is 11.4. The summed E-state index contributed by atoms with van der Waals surface area (Å²) >= 11 is 0. The number of hydrogen-bond donors (Lipinski definition) is 0. The molecule has 0 amide bonds. The molecule has 4 aromatic rings. The van der Waals surface area contributed by atoms with E-state index in [1.807, 2.05) is 18.2 Å². The molecule has 7 heteroatoms. The Morgan fingerprint density at radius 3 is 1.98 bits per heavy atom. The second-order valence-corrected chi connectivity index (χ2v) is 10.8. The summed E-state index contributed by atoms with van der Waals surface area (Å²) < 4.78 is 12.4. The van der Waals surface area contributed by atoms with E-state index in [0.717, 1.165) is 36.4 Å². The van der Waals surface area contributed by atoms with Crippen LogP contribution in [0, 0.1) is 0 Å². The van der Waals surface area contributed by atoms with Crippen LogP contribution in [0.5, 0.6) is 11.5 Å². The lowest BCUT2D eigenvalue weighted by molar-refractivity contribution is 0.258. The Hall–Kier alpha value is -3.71. The number of benzene rings is 3. The lowest BCUT2D eigenvalue weighted by Gasteiger charge is -2.20. The topological polar surface area (TPSA) is 65.3 Å². The van der Waals surface area contributed by atoms with Crippen molar-refractivity contribution in [1.82, 2.24) is 25.1 Å². The smallest absolute Gasteiger partial charge is 0.212 e. The van der Waals surface area contributed by atoms with Crippen molar-refractivity contribution < 1.29 is 9.47 Å². The van der Waals surface area contributed by atoms with Gasteiger partial charge in [0.1, 0.15) is 18.1 Å². The van der Waals surface area contributed by atoms with E-state index in [1.54, 1.807) is 4.80 Å². The number of ether oxygens (including phenoxy) is 2. The number of nitrogens with zero attached hydrogens (tertiary/aromatic N) is 5. The lowest BCUT2D eigenvalue weighted by Crippen LogP contribution is -2.19. The molecule has 0 aliphatic rings. The van der Waals surface area contributed by atoms with Crippen LogP contribution < -0.4 is 9.47 Å². The van der Waals surface area contributed by atoms with Gasteiger partial charge in [0, 0.05) is 6.54 Å². The first-order chi connectivity index (χ1) is 19.4. The Morgan fingerprint density at radius 2 is 1.40 bits per heavy atom. The molecular weight excluding hydrogens is 498 g/mol. The molecule has 0 saturated heterocycles. The van der Waals surface area contributed by atoms with E-state index in [4.69, 9.17) is 9.47 Å². The summed E-state index contributed by atoms with van der Waals surface area (Å²) in [5.74, 6) is 3.17. The molecule has 0 spiro atoms. The zero-order valence-corrected chi connectivity index (χ0v) is 24.8. The van der Waals surface area contributed by atoms with Gasteiger partial charge in [0.25, 0.3) is 0 Å². The highest BCUT2D eigenvalue weighted by molar-refractivity contribution is 5.68. The molecule has 2 unspecified atom stereocenters. The maximum absolute atomic E-state index is 6.26. The Bertz CT molecular complexity index is 1350. The molecule has 0 bridgehead atoms. The minimum atomic E-state index is 0.273. The van der Waals surface area contributed by atoms with Crippen molar-refractivity contribution >= 4 is 0 Å². The molecule has 0 aliphatic heterocycles. The number of hydrogen-bond acceptors (Lipinski definition) is 6. The normalized spacial score (nSPS) is 12.9. The van der Waals surface area contributed by atoms with Crippen LogP contribution in [0.25, 0.3) is 11.1 Å². The van der Waals surface area contributed by atoms with Gasteiger partial charge in [-0.3, -0.25) is 0 Å². The van der Waals surface area contributed by atoms with Gasteiger partial charge < -0.3 is 14.4 Å². The van der Waals surface area contributed by atoms with Gasteiger partial charge in [-0.05, 0) is 96.1 Å². The van der Waals surface area contributed by atoms with Crippen molar-refractivity contribution in [2.75, 3.05) is 27.2 Å². The largest absolute Gasteiger partial charge is 0.492 e. The van der Waals surface area contributed by atoms with E-state index in [1.165, 1.54) is 22.3 Å². The Morgan fingerprint density at radius 1 is 0.800 bits per heavy atom. The second-order valence-electron chi connectivity index (χ2n) is 10.8. The fourth-order valence-electron chi connectivity index (χ4n) is 4.56. The van der Waals surface area contributed by atoms with Crippen LogP contribution in [-0.4, -0.2) is 52.4 Å². The van der Waals surface area contributed by atoms with Gasteiger partial charge in [0.15, 0.2) is 6.61 Å². The zero-order chi connectivity index (χ0) is 28.5. The van der Waals surface area contributed by atoms with Gasteiger partial charge in [-0.2, -0.15) is 4.80 Å². The number of rotatable bonds is 14. The maximum atomic E-state index is 6.26. The van der Waals surface area contributed by atoms with E-state index >= 15 is 0 Å². The van der Waals surface area contributed by atoms with Gasteiger partial charge in [-0.1, -0.05) is 70.2 Å². The van der Waals surface area contributed by atoms with Crippen molar-refractivity contribution in [2.24, 2.45) is 0 Å². The third-order valence-corrected chi connectivity index (χ3v) is 7.45.